The molecule has 1 aliphatic heterocycles. The van der Waals surface area contributed by atoms with E-state index in [2.05, 4.69) is 5.32 Å². The van der Waals surface area contributed by atoms with Crippen LogP contribution >= 0.6 is 23.2 Å². The minimum Gasteiger partial charge on any atom is -0.467 e. The van der Waals surface area contributed by atoms with Crippen LogP contribution in [-0.2, 0) is 25.5 Å². The van der Waals surface area contributed by atoms with Crippen LogP contribution in [-0.4, -0.2) is 48.9 Å². The first kappa shape index (κ1) is 25.5. The minimum atomic E-state index is -0.611. The molecule has 1 aliphatic rings. The summed E-state index contributed by atoms with van der Waals surface area (Å²) in [6.45, 7) is 5.28. The maximum atomic E-state index is 12.5. The number of ether oxygens (including phenoxy) is 1. The lowest BCUT2D eigenvalue weighted by Gasteiger charge is -2.32. The Hall–Kier alpha value is -1.79. The normalized spacial score (nSPS) is 15.6. The quantitative estimate of drug-likeness (QED) is 0.547. The van der Waals surface area contributed by atoms with E-state index in [1.54, 1.807) is 12.1 Å². The molecule has 0 saturated carbocycles. The van der Waals surface area contributed by atoms with Gasteiger partial charge in [-0.25, -0.2) is 4.79 Å². The van der Waals surface area contributed by atoms with Gasteiger partial charge in [0, 0.05) is 25.9 Å². The monoisotopic (exact) mass is 470 g/mol. The van der Waals surface area contributed by atoms with Crippen molar-refractivity contribution in [1.29, 1.82) is 0 Å². The third-order valence-electron chi connectivity index (χ3n) is 5.58. The molecule has 0 bridgehead atoms. The average Bonchev–Trinajstić information content (AvgIpc) is 2.73. The Morgan fingerprint density at radius 2 is 1.84 bits per heavy atom. The van der Waals surface area contributed by atoms with Crippen molar-refractivity contribution in [2.45, 2.75) is 58.4 Å². The molecule has 1 heterocycles. The van der Waals surface area contributed by atoms with Gasteiger partial charge in [-0.05, 0) is 55.2 Å². The van der Waals surface area contributed by atoms with Gasteiger partial charge in [-0.3, -0.25) is 9.59 Å². The molecule has 31 heavy (non-hydrogen) atoms. The summed E-state index contributed by atoms with van der Waals surface area (Å²) in [7, 11) is 1.33. The van der Waals surface area contributed by atoms with Crippen LogP contribution in [0, 0.1) is 11.8 Å². The third-order valence-corrected chi connectivity index (χ3v) is 6.32. The summed E-state index contributed by atoms with van der Waals surface area (Å²) in [5.74, 6) is 0.0283. The smallest absolute Gasteiger partial charge is 0.328 e. The number of carbonyl (C=O) groups is 3. The molecule has 1 atom stereocenters. The van der Waals surface area contributed by atoms with Crippen molar-refractivity contribution >= 4 is 41.0 Å². The van der Waals surface area contributed by atoms with Crippen molar-refractivity contribution in [2.75, 3.05) is 20.2 Å². The summed E-state index contributed by atoms with van der Waals surface area (Å²) in [4.78, 5) is 38.7. The van der Waals surface area contributed by atoms with Gasteiger partial charge in [0.1, 0.15) is 6.04 Å². The van der Waals surface area contributed by atoms with Crippen LogP contribution in [0.4, 0.5) is 0 Å². The molecule has 0 radical (unpaired) electrons. The highest BCUT2D eigenvalue weighted by atomic mass is 35.5. The van der Waals surface area contributed by atoms with E-state index in [0.29, 0.717) is 48.8 Å². The van der Waals surface area contributed by atoms with Crippen LogP contribution < -0.4 is 5.32 Å². The fourth-order valence-electron chi connectivity index (χ4n) is 3.83. The summed E-state index contributed by atoms with van der Waals surface area (Å²) in [5.41, 5.74) is 0.982. The topological polar surface area (TPSA) is 75.7 Å². The van der Waals surface area contributed by atoms with Crippen LogP contribution in [0.1, 0.15) is 51.5 Å². The van der Waals surface area contributed by atoms with Crippen molar-refractivity contribution in [3.05, 3.63) is 33.8 Å². The number of aryl methyl sites for hydroxylation is 1. The van der Waals surface area contributed by atoms with E-state index >= 15 is 0 Å². The molecule has 1 fully saturated rings. The average molecular weight is 471 g/mol. The number of piperidine rings is 1. The Kier molecular flexibility index (Phi) is 10.1. The third kappa shape index (κ3) is 8.34. The Labute approximate surface area is 194 Å². The van der Waals surface area contributed by atoms with Gasteiger partial charge in [0.15, 0.2) is 0 Å². The van der Waals surface area contributed by atoms with E-state index in [4.69, 9.17) is 27.9 Å². The van der Waals surface area contributed by atoms with Gasteiger partial charge in [-0.1, -0.05) is 43.1 Å². The predicted molar refractivity (Wildman–Crippen MR) is 122 cm³/mol. The Morgan fingerprint density at radius 3 is 2.42 bits per heavy atom. The second kappa shape index (κ2) is 12.3. The highest BCUT2D eigenvalue weighted by Crippen LogP contribution is 2.24. The molecular weight excluding hydrogens is 439 g/mol. The van der Waals surface area contributed by atoms with Crippen molar-refractivity contribution in [3.8, 4) is 0 Å². The number of carbonyl (C=O) groups excluding carboxylic acids is 3. The molecule has 0 aromatic heterocycles. The lowest BCUT2D eigenvalue weighted by Crippen LogP contribution is -2.44. The molecule has 172 valence electrons. The van der Waals surface area contributed by atoms with Crippen molar-refractivity contribution in [3.63, 3.8) is 0 Å². The molecule has 0 spiro atoms. The fourth-order valence-corrected chi connectivity index (χ4v) is 4.15. The minimum absolute atomic E-state index is 0.108. The van der Waals surface area contributed by atoms with Gasteiger partial charge in [0.05, 0.1) is 17.2 Å². The molecule has 1 aromatic carbocycles. The summed E-state index contributed by atoms with van der Waals surface area (Å²) in [6, 6.07) is 4.81. The molecule has 1 aromatic rings. The second-order valence-electron chi connectivity index (χ2n) is 8.55. The van der Waals surface area contributed by atoms with Crippen molar-refractivity contribution in [1.82, 2.24) is 10.2 Å². The van der Waals surface area contributed by atoms with Gasteiger partial charge in [0.25, 0.3) is 0 Å². The number of esters is 1. The number of halogens is 2. The molecular formula is C23H32Cl2N2O4. The van der Waals surface area contributed by atoms with Crippen molar-refractivity contribution in [2.24, 2.45) is 11.8 Å². The van der Waals surface area contributed by atoms with Crippen LogP contribution in [0.5, 0.6) is 0 Å². The van der Waals surface area contributed by atoms with Crippen LogP contribution in [0.25, 0.3) is 0 Å². The van der Waals surface area contributed by atoms with E-state index in [-0.39, 0.29) is 23.7 Å². The van der Waals surface area contributed by atoms with Crippen molar-refractivity contribution < 1.29 is 19.1 Å². The summed E-state index contributed by atoms with van der Waals surface area (Å²) in [6.07, 6.45) is 3.49. The number of nitrogens with one attached hydrogen (secondary N) is 1. The SMILES string of the molecule is COC(=O)C(CC(C)C)NC(=O)CC1CCN(C(=O)CCc2ccc(Cl)c(Cl)c2)CC1. The number of amides is 2. The second-order valence-corrected chi connectivity index (χ2v) is 9.36. The fraction of sp³-hybridized carbons (Fsp3) is 0.609. The number of rotatable bonds is 9. The number of hydrogen-bond acceptors (Lipinski definition) is 4. The van der Waals surface area contributed by atoms with Gasteiger partial charge in [-0.15, -0.1) is 0 Å². The van der Waals surface area contributed by atoms with Crippen LogP contribution in [0.2, 0.25) is 10.0 Å². The van der Waals surface area contributed by atoms with Crippen LogP contribution in [0.15, 0.2) is 18.2 Å². The number of methoxy groups -OCH3 is 1. The first-order valence-electron chi connectivity index (χ1n) is 10.8. The first-order chi connectivity index (χ1) is 14.7. The molecule has 8 heteroatoms. The zero-order valence-electron chi connectivity index (χ0n) is 18.5. The molecule has 6 nitrogen and oxygen atoms in total. The zero-order valence-corrected chi connectivity index (χ0v) is 20.0. The zero-order chi connectivity index (χ0) is 23.0. The van der Waals surface area contributed by atoms with Gasteiger partial charge < -0.3 is 15.0 Å². The molecule has 1 saturated heterocycles. The Morgan fingerprint density at radius 1 is 1.16 bits per heavy atom. The van der Waals surface area contributed by atoms with E-state index in [1.807, 2.05) is 24.8 Å². The number of hydrogen-bond donors (Lipinski definition) is 1. The van der Waals surface area contributed by atoms with Crippen LogP contribution in [0.3, 0.4) is 0 Å². The molecule has 1 N–H and O–H groups in total. The Balaban J connectivity index is 1.75. The van der Waals surface area contributed by atoms with E-state index in [0.717, 1.165) is 18.4 Å². The summed E-state index contributed by atoms with van der Waals surface area (Å²) < 4.78 is 4.80. The maximum absolute atomic E-state index is 12.5. The standard InChI is InChI=1S/C23H32Cl2N2O4/c1-15(2)12-20(23(30)31-3)26-21(28)14-17-8-10-27(11-9-17)22(29)7-5-16-4-6-18(24)19(25)13-16/h4,6,13,15,17,20H,5,7-12,14H2,1-3H3,(H,26,28). The van der Waals surface area contributed by atoms with Gasteiger partial charge >= 0.3 is 5.97 Å². The highest BCUT2D eigenvalue weighted by Gasteiger charge is 2.27. The molecule has 2 rings (SSSR count). The molecule has 2 amide bonds. The largest absolute Gasteiger partial charge is 0.467 e. The van der Waals surface area contributed by atoms with Gasteiger partial charge in [0.2, 0.25) is 11.8 Å². The predicted octanol–water partition coefficient (Wildman–Crippen LogP) is 4.26. The van der Waals surface area contributed by atoms with Gasteiger partial charge in [-0.2, -0.15) is 0 Å². The Bertz CT molecular complexity index is 777. The molecule has 1 unspecified atom stereocenters. The van der Waals surface area contributed by atoms with E-state index in [9.17, 15) is 14.4 Å². The lowest BCUT2D eigenvalue weighted by atomic mass is 9.92. The maximum Gasteiger partial charge on any atom is 0.328 e. The number of benzene rings is 1. The number of likely N-dealkylation sites (tertiary alicyclic amines) is 1. The summed E-state index contributed by atoms with van der Waals surface area (Å²) in [5, 5.41) is 3.81. The lowest BCUT2D eigenvalue weighted by molar-refractivity contribution is -0.145. The number of nitrogens with zero attached hydrogens (tertiary/aromatic N) is 1. The highest BCUT2D eigenvalue weighted by molar-refractivity contribution is 6.42. The summed E-state index contributed by atoms with van der Waals surface area (Å²) >= 11 is 12.0. The first-order valence-corrected chi connectivity index (χ1v) is 11.5. The van der Waals surface area contributed by atoms with E-state index in [1.165, 1.54) is 7.11 Å². The molecule has 0 aliphatic carbocycles. The van der Waals surface area contributed by atoms with E-state index < -0.39 is 12.0 Å².